The third kappa shape index (κ3) is 2.80. The van der Waals surface area contributed by atoms with E-state index in [9.17, 15) is 4.79 Å². The molecule has 0 aliphatic heterocycles. The molecular formula is C13H17N5O2S. The number of rotatable bonds is 6. The maximum Gasteiger partial charge on any atom is 0.313 e. The lowest BCUT2D eigenvalue weighted by Gasteiger charge is -2.09. The molecule has 2 aromatic heterocycles. The summed E-state index contributed by atoms with van der Waals surface area (Å²) in [6.45, 7) is 4.75. The number of carboxylic acid groups (broad SMARTS) is 1. The van der Waals surface area contributed by atoms with E-state index in [1.54, 1.807) is 0 Å². The standard InChI is InChI=1S/C13H17N5O2S/c1-3-17-10(6-8(2)16-17)12-14-15-13(21-7-11(19)20)18(12)9-4-5-9/h6,9H,3-5,7H2,1-2H3,(H,19,20). The Kier molecular flexibility index (Phi) is 3.71. The Bertz CT molecular complexity index is 674. The molecule has 0 aromatic carbocycles. The van der Waals surface area contributed by atoms with Crippen molar-refractivity contribution in [3.05, 3.63) is 11.8 Å². The molecule has 7 nitrogen and oxygen atoms in total. The van der Waals surface area contributed by atoms with Gasteiger partial charge in [-0.25, -0.2) is 0 Å². The predicted octanol–water partition coefficient (Wildman–Crippen LogP) is 1.98. The second-order valence-corrected chi connectivity index (χ2v) is 6.02. The number of carboxylic acids is 1. The van der Waals surface area contributed by atoms with Crippen LogP contribution in [0.4, 0.5) is 0 Å². The number of aryl methyl sites for hydroxylation is 2. The fourth-order valence-corrected chi connectivity index (χ4v) is 3.03. The van der Waals surface area contributed by atoms with Crippen molar-refractivity contribution in [2.45, 2.75) is 44.4 Å². The van der Waals surface area contributed by atoms with Gasteiger partial charge in [-0.3, -0.25) is 14.0 Å². The van der Waals surface area contributed by atoms with Crippen molar-refractivity contribution in [2.75, 3.05) is 5.75 Å². The molecule has 0 amide bonds. The number of aliphatic carboxylic acids is 1. The second-order valence-electron chi connectivity index (χ2n) is 5.08. The van der Waals surface area contributed by atoms with Gasteiger partial charge in [0.05, 0.1) is 11.4 Å². The van der Waals surface area contributed by atoms with E-state index in [0.717, 1.165) is 36.6 Å². The Morgan fingerprint density at radius 1 is 1.48 bits per heavy atom. The molecule has 112 valence electrons. The SMILES string of the molecule is CCn1nc(C)cc1-c1nnc(SCC(=O)O)n1C1CC1. The van der Waals surface area contributed by atoms with E-state index in [1.165, 1.54) is 11.8 Å². The second kappa shape index (κ2) is 5.51. The summed E-state index contributed by atoms with van der Waals surface area (Å²) in [5.41, 5.74) is 1.88. The Labute approximate surface area is 126 Å². The summed E-state index contributed by atoms with van der Waals surface area (Å²) >= 11 is 1.22. The van der Waals surface area contributed by atoms with Crippen molar-refractivity contribution in [1.82, 2.24) is 24.5 Å². The molecule has 0 unspecified atom stereocenters. The van der Waals surface area contributed by atoms with Gasteiger partial charge >= 0.3 is 5.97 Å². The molecule has 1 aliphatic rings. The van der Waals surface area contributed by atoms with Crippen LogP contribution < -0.4 is 0 Å². The van der Waals surface area contributed by atoms with Gasteiger partial charge in [0.1, 0.15) is 5.69 Å². The van der Waals surface area contributed by atoms with Crippen LogP contribution in [0.1, 0.15) is 31.5 Å². The molecule has 2 heterocycles. The van der Waals surface area contributed by atoms with E-state index in [1.807, 2.05) is 24.6 Å². The first kappa shape index (κ1) is 14.1. The molecule has 0 saturated heterocycles. The monoisotopic (exact) mass is 307 g/mol. The summed E-state index contributed by atoms with van der Waals surface area (Å²) in [4.78, 5) is 10.8. The van der Waals surface area contributed by atoms with E-state index in [4.69, 9.17) is 5.11 Å². The highest BCUT2D eigenvalue weighted by atomic mass is 32.2. The first-order chi connectivity index (χ1) is 10.1. The van der Waals surface area contributed by atoms with Crippen LogP contribution in [0.5, 0.6) is 0 Å². The highest BCUT2D eigenvalue weighted by molar-refractivity contribution is 7.99. The molecular weight excluding hydrogens is 290 g/mol. The number of hydrogen-bond donors (Lipinski definition) is 1. The van der Waals surface area contributed by atoms with Crippen molar-refractivity contribution in [3.8, 4) is 11.5 Å². The van der Waals surface area contributed by atoms with Crippen LogP contribution in [-0.4, -0.2) is 41.4 Å². The zero-order valence-corrected chi connectivity index (χ0v) is 12.8. The summed E-state index contributed by atoms with van der Waals surface area (Å²) in [6.07, 6.45) is 2.18. The van der Waals surface area contributed by atoms with Gasteiger partial charge in [-0.05, 0) is 32.8 Å². The van der Waals surface area contributed by atoms with Gasteiger partial charge < -0.3 is 5.11 Å². The van der Waals surface area contributed by atoms with Crippen molar-refractivity contribution < 1.29 is 9.90 Å². The maximum absolute atomic E-state index is 10.8. The number of aromatic nitrogens is 5. The van der Waals surface area contributed by atoms with Gasteiger partial charge in [-0.1, -0.05) is 11.8 Å². The van der Waals surface area contributed by atoms with E-state index < -0.39 is 5.97 Å². The topological polar surface area (TPSA) is 85.8 Å². The van der Waals surface area contributed by atoms with E-state index in [0.29, 0.717) is 11.2 Å². The molecule has 2 aromatic rings. The number of thioether (sulfide) groups is 1. The lowest BCUT2D eigenvalue weighted by atomic mass is 10.3. The third-order valence-electron chi connectivity index (χ3n) is 3.33. The predicted molar refractivity (Wildman–Crippen MR) is 78.3 cm³/mol. The van der Waals surface area contributed by atoms with E-state index in [2.05, 4.69) is 19.9 Å². The third-order valence-corrected chi connectivity index (χ3v) is 4.26. The smallest absolute Gasteiger partial charge is 0.313 e. The number of carbonyl (C=O) groups is 1. The quantitative estimate of drug-likeness (QED) is 0.821. The summed E-state index contributed by atoms with van der Waals surface area (Å²) in [5, 5.41) is 22.4. The minimum absolute atomic E-state index is 0.00305. The number of hydrogen-bond acceptors (Lipinski definition) is 5. The fourth-order valence-electron chi connectivity index (χ4n) is 2.30. The molecule has 0 atom stereocenters. The Morgan fingerprint density at radius 3 is 2.86 bits per heavy atom. The highest BCUT2D eigenvalue weighted by Gasteiger charge is 2.31. The first-order valence-corrected chi connectivity index (χ1v) is 7.93. The molecule has 0 radical (unpaired) electrons. The van der Waals surface area contributed by atoms with Crippen LogP contribution in [0.2, 0.25) is 0 Å². The van der Waals surface area contributed by atoms with Crippen molar-refractivity contribution in [2.24, 2.45) is 0 Å². The van der Waals surface area contributed by atoms with Gasteiger partial charge in [0.15, 0.2) is 11.0 Å². The molecule has 8 heteroatoms. The van der Waals surface area contributed by atoms with Gasteiger partial charge in [0.25, 0.3) is 0 Å². The summed E-state index contributed by atoms with van der Waals surface area (Å²) in [5.74, 6) is -0.0640. The molecule has 21 heavy (non-hydrogen) atoms. The van der Waals surface area contributed by atoms with Crippen LogP contribution in [0.25, 0.3) is 11.5 Å². The van der Waals surface area contributed by atoms with Crippen molar-refractivity contribution >= 4 is 17.7 Å². The van der Waals surface area contributed by atoms with Crippen LogP contribution in [0, 0.1) is 6.92 Å². The Hall–Kier alpha value is -1.83. The average Bonchev–Trinajstić information content (AvgIpc) is 3.08. The summed E-state index contributed by atoms with van der Waals surface area (Å²) in [7, 11) is 0. The lowest BCUT2D eigenvalue weighted by Crippen LogP contribution is -2.06. The van der Waals surface area contributed by atoms with Crippen LogP contribution in [-0.2, 0) is 11.3 Å². The summed E-state index contributed by atoms with van der Waals surface area (Å²) in [6, 6.07) is 2.38. The van der Waals surface area contributed by atoms with E-state index in [-0.39, 0.29) is 5.75 Å². The van der Waals surface area contributed by atoms with Gasteiger partial charge in [0.2, 0.25) is 0 Å². The molecule has 1 aliphatic carbocycles. The van der Waals surface area contributed by atoms with Crippen molar-refractivity contribution in [3.63, 3.8) is 0 Å². The largest absolute Gasteiger partial charge is 0.481 e. The van der Waals surface area contributed by atoms with Crippen LogP contribution >= 0.6 is 11.8 Å². The minimum atomic E-state index is -0.846. The fraction of sp³-hybridized carbons (Fsp3) is 0.538. The molecule has 1 saturated carbocycles. The molecule has 1 fully saturated rings. The van der Waals surface area contributed by atoms with E-state index >= 15 is 0 Å². The normalized spacial score (nSPS) is 14.6. The van der Waals surface area contributed by atoms with Gasteiger partial charge in [-0.2, -0.15) is 5.10 Å². The first-order valence-electron chi connectivity index (χ1n) is 6.94. The van der Waals surface area contributed by atoms with Crippen LogP contribution in [0.15, 0.2) is 11.2 Å². The Morgan fingerprint density at radius 2 is 2.24 bits per heavy atom. The molecule has 0 spiro atoms. The molecule has 0 bridgehead atoms. The number of nitrogens with zero attached hydrogens (tertiary/aromatic N) is 5. The minimum Gasteiger partial charge on any atom is -0.481 e. The van der Waals surface area contributed by atoms with Crippen LogP contribution in [0.3, 0.4) is 0 Å². The molecule has 3 rings (SSSR count). The van der Waals surface area contributed by atoms with Gasteiger partial charge in [-0.15, -0.1) is 10.2 Å². The van der Waals surface area contributed by atoms with Crippen molar-refractivity contribution in [1.29, 1.82) is 0 Å². The Balaban J connectivity index is 2.00. The zero-order valence-electron chi connectivity index (χ0n) is 12.0. The highest BCUT2D eigenvalue weighted by Crippen LogP contribution is 2.41. The summed E-state index contributed by atoms with van der Waals surface area (Å²) < 4.78 is 3.97. The van der Waals surface area contributed by atoms with Gasteiger partial charge in [0, 0.05) is 12.6 Å². The molecule has 1 N–H and O–H groups in total. The average molecular weight is 307 g/mol. The lowest BCUT2D eigenvalue weighted by molar-refractivity contribution is -0.133. The maximum atomic E-state index is 10.8. The zero-order chi connectivity index (χ0) is 15.0.